The summed E-state index contributed by atoms with van der Waals surface area (Å²) in [5, 5.41) is 4.12. The van der Waals surface area contributed by atoms with E-state index in [0.717, 1.165) is 41.2 Å². The minimum Gasteiger partial charge on any atom is -0.313 e. The van der Waals surface area contributed by atoms with E-state index in [1.807, 2.05) is 18.2 Å². The largest absolute Gasteiger partial charge is 0.313 e. The van der Waals surface area contributed by atoms with Gasteiger partial charge in [-0.15, -0.1) is 0 Å². The number of nitrogens with one attached hydrogen (secondary N) is 1. The summed E-state index contributed by atoms with van der Waals surface area (Å²) < 4.78 is 0. The lowest BCUT2D eigenvalue weighted by atomic mass is 10.1. The van der Waals surface area contributed by atoms with Gasteiger partial charge in [-0.05, 0) is 30.2 Å². The molecular formula is C14H16ClN3. The van der Waals surface area contributed by atoms with Crippen molar-refractivity contribution in [1.82, 2.24) is 15.3 Å². The zero-order chi connectivity index (χ0) is 12.8. The second kappa shape index (κ2) is 6.47. The minimum absolute atomic E-state index is 0.778. The second-order valence-electron chi connectivity index (χ2n) is 4.11. The van der Waals surface area contributed by atoms with Crippen molar-refractivity contribution in [2.45, 2.75) is 19.9 Å². The summed E-state index contributed by atoms with van der Waals surface area (Å²) in [4.78, 5) is 8.01. The maximum Gasteiger partial charge on any atom is 0.115 e. The smallest absolute Gasteiger partial charge is 0.115 e. The van der Waals surface area contributed by atoms with Gasteiger partial charge in [-0.1, -0.05) is 30.7 Å². The number of hydrogen-bond donors (Lipinski definition) is 1. The molecule has 0 spiro atoms. The molecule has 0 radical (unpaired) electrons. The van der Waals surface area contributed by atoms with E-state index in [9.17, 15) is 0 Å². The van der Waals surface area contributed by atoms with Gasteiger partial charge in [0.15, 0.2) is 0 Å². The van der Waals surface area contributed by atoms with Crippen molar-refractivity contribution in [2.75, 3.05) is 6.54 Å². The third kappa shape index (κ3) is 3.28. The van der Waals surface area contributed by atoms with Gasteiger partial charge in [0.05, 0.1) is 0 Å². The average Bonchev–Trinajstić information content (AvgIpc) is 2.42. The molecule has 1 aromatic heterocycles. The molecule has 0 bridgehead atoms. The topological polar surface area (TPSA) is 37.8 Å². The summed E-state index contributed by atoms with van der Waals surface area (Å²) in [6, 6.07) is 6.06. The van der Waals surface area contributed by atoms with Crippen LogP contribution in [0, 0.1) is 0 Å². The van der Waals surface area contributed by atoms with E-state index in [4.69, 9.17) is 11.6 Å². The summed E-state index contributed by atoms with van der Waals surface area (Å²) in [7, 11) is 0. The van der Waals surface area contributed by atoms with Gasteiger partial charge in [0.2, 0.25) is 0 Å². The Morgan fingerprint density at radius 1 is 1.17 bits per heavy atom. The molecule has 0 unspecified atom stereocenters. The Morgan fingerprint density at radius 2 is 1.94 bits per heavy atom. The Balaban J connectivity index is 2.15. The SMILES string of the molecule is CCCNCc1ccc(-c2cncnc2)cc1Cl. The van der Waals surface area contributed by atoms with Crippen molar-refractivity contribution in [1.29, 1.82) is 0 Å². The molecule has 1 heterocycles. The first-order chi connectivity index (χ1) is 8.81. The van der Waals surface area contributed by atoms with Crippen LogP contribution in [0.1, 0.15) is 18.9 Å². The Kier molecular flexibility index (Phi) is 4.67. The fraction of sp³-hybridized carbons (Fsp3) is 0.286. The zero-order valence-electron chi connectivity index (χ0n) is 10.4. The summed E-state index contributed by atoms with van der Waals surface area (Å²) in [6.45, 7) is 3.95. The molecular weight excluding hydrogens is 246 g/mol. The van der Waals surface area contributed by atoms with Gasteiger partial charge in [0, 0.05) is 29.5 Å². The van der Waals surface area contributed by atoms with Crippen LogP contribution in [0.25, 0.3) is 11.1 Å². The van der Waals surface area contributed by atoms with Crippen LogP contribution in [0.4, 0.5) is 0 Å². The molecule has 0 atom stereocenters. The first-order valence-corrected chi connectivity index (χ1v) is 6.43. The molecule has 2 aromatic rings. The summed E-state index contributed by atoms with van der Waals surface area (Å²) >= 11 is 6.28. The molecule has 18 heavy (non-hydrogen) atoms. The molecule has 1 aromatic carbocycles. The molecule has 2 rings (SSSR count). The van der Waals surface area contributed by atoms with Crippen LogP contribution in [0.2, 0.25) is 5.02 Å². The Labute approximate surface area is 112 Å². The zero-order valence-corrected chi connectivity index (χ0v) is 11.1. The van der Waals surface area contributed by atoms with Gasteiger partial charge in [0.25, 0.3) is 0 Å². The van der Waals surface area contributed by atoms with Crippen LogP contribution in [-0.2, 0) is 6.54 Å². The second-order valence-corrected chi connectivity index (χ2v) is 4.52. The fourth-order valence-electron chi connectivity index (χ4n) is 1.72. The number of aromatic nitrogens is 2. The standard InChI is InChI=1S/C14H16ClN3/c1-2-5-16-7-12-4-3-11(6-14(12)15)13-8-17-10-18-9-13/h3-4,6,8-10,16H,2,5,7H2,1H3. The highest BCUT2D eigenvalue weighted by atomic mass is 35.5. The van der Waals surface area contributed by atoms with E-state index in [2.05, 4.69) is 22.2 Å². The highest BCUT2D eigenvalue weighted by molar-refractivity contribution is 6.31. The predicted molar refractivity (Wildman–Crippen MR) is 74.5 cm³/mol. The van der Waals surface area contributed by atoms with Crippen molar-refractivity contribution in [3.8, 4) is 11.1 Å². The lowest BCUT2D eigenvalue weighted by molar-refractivity contribution is 0.675. The van der Waals surface area contributed by atoms with E-state index >= 15 is 0 Å². The molecule has 0 aliphatic carbocycles. The third-order valence-corrected chi connectivity index (χ3v) is 3.04. The Morgan fingerprint density at radius 3 is 2.61 bits per heavy atom. The highest BCUT2D eigenvalue weighted by Gasteiger charge is 2.03. The molecule has 0 fully saturated rings. The van der Waals surface area contributed by atoms with Gasteiger partial charge in [-0.25, -0.2) is 9.97 Å². The molecule has 1 N–H and O–H groups in total. The highest BCUT2D eigenvalue weighted by Crippen LogP contribution is 2.24. The van der Waals surface area contributed by atoms with Crippen LogP contribution in [0.5, 0.6) is 0 Å². The lowest BCUT2D eigenvalue weighted by Gasteiger charge is -2.08. The summed E-state index contributed by atoms with van der Waals surface area (Å²) in [6.07, 6.45) is 6.21. The number of halogens is 1. The van der Waals surface area contributed by atoms with Gasteiger partial charge >= 0.3 is 0 Å². The van der Waals surface area contributed by atoms with Crippen molar-refractivity contribution in [2.24, 2.45) is 0 Å². The molecule has 0 aliphatic rings. The maximum atomic E-state index is 6.28. The van der Waals surface area contributed by atoms with E-state index in [1.54, 1.807) is 12.4 Å². The van der Waals surface area contributed by atoms with Crippen molar-refractivity contribution >= 4 is 11.6 Å². The molecule has 4 heteroatoms. The van der Waals surface area contributed by atoms with E-state index < -0.39 is 0 Å². The van der Waals surface area contributed by atoms with Gasteiger partial charge < -0.3 is 5.32 Å². The lowest BCUT2D eigenvalue weighted by Crippen LogP contribution is -2.13. The van der Waals surface area contributed by atoms with Crippen LogP contribution < -0.4 is 5.32 Å². The number of benzene rings is 1. The van der Waals surface area contributed by atoms with Crippen LogP contribution in [-0.4, -0.2) is 16.5 Å². The normalized spacial score (nSPS) is 10.6. The van der Waals surface area contributed by atoms with Gasteiger partial charge in [-0.3, -0.25) is 0 Å². The summed E-state index contributed by atoms with van der Waals surface area (Å²) in [5.41, 5.74) is 3.14. The minimum atomic E-state index is 0.778. The van der Waals surface area contributed by atoms with Crippen molar-refractivity contribution in [3.05, 3.63) is 47.5 Å². The first kappa shape index (κ1) is 13.0. The van der Waals surface area contributed by atoms with E-state index in [1.165, 1.54) is 6.33 Å². The van der Waals surface area contributed by atoms with E-state index in [0.29, 0.717) is 0 Å². The quantitative estimate of drug-likeness (QED) is 0.840. The van der Waals surface area contributed by atoms with Gasteiger partial charge in [0.1, 0.15) is 6.33 Å². The fourth-order valence-corrected chi connectivity index (χ4v) is 1.97. The van der Waals surface area contributed by atoms with E-state index in [-0.39, 0.29) is 0 Å². The monoisotopic (exact) mass is 261 g/mol. The first-order valence-electron chi connectivity index (χ1n) is 6.05. The van der Waals surface area contributed by atoms with Gasteiger partial charge in [-0.2, -0.15) is 0 Å². The van der Waals surface area contributed by atoms with Crippen molar-refractivity contribution < 1.29 is 0 Å². The number of rotatable bonds is 5. The molecule has 3 nitrogen and oxygen atoms in total. The average molecular weight is 262 g/mol. The summed E-state index contributed by atoms with van der Waals surface area (Å²) in [5.74, 6) is 0. The maximum absolute atomic E-state index is 6.28. The Bertz CT molecular complexity index is 500. The third-order valence-electron chi connectivity index (χ3n) is 2.69. The molecule has 0 aliphatic heterocycles. The molecule has 94 valence electrons. The van der Waals surface area contributed by atoms with Crippen molar-refractivity contribution in [3.63, 3.8) is 0 Å². The molecule has 0 saturated heterocycles. The number of hydrogen-bond acceptors (Lipinski definition) is 3. The number of nitrogens with zero attached hydrogens (tertiary/aromatic N) is 2. The predicted octanol–water partition coefficient (Wildman–Crippen LogP) is 3.30. The van der Waals surface area contributed by atoms with Crippen LogP contribution in [0.15, 0.2) is 36.9 Å². The van der Waals surface area contributed by atoms with Crippen LogP contribution >= 0.6 is 11.6 Å². The molecule has 0 saturated carbocycles. The Hall–Kier alpha value is -1.45. The molecule has 0 amide bonds. The van der Waals surface area contributed by atoms with Crippen LogP contribution in [0.3, 0.4) is 0 Å².